The third-order valence-electron chi connectivity index (χ3n) is 4.21. The Morgan fingerprint density at radius 2 is 1.31 bits per heavy atom. The SMILES string of the molecule is CC1CC(C)C(C)(C)N(O)C1(C)C. The molecule has 0 aromatic carbocycles. The summed E-state index contributed by atoms with van der Waals surface area (Å²) in [7, 11) is 0. The molecule has 0 radical (unpaired) electrons. The van der Waals surface area contributed by atoms with Crippen LogP contribution in [0.1, 0.15) is 48.0 Å². The zero-order valence-corrected chi connectivity index (χ0v) is 9.76. The Hall–Kier alpha value is -0.0800. The highest BCUT2D eigenvalue weighted by molar-refractivity contribution is 4.99. The molecule has 1 aliphatic heterocycles. The normalized spacial score (nSPS) is 39.0. The Labute approximate surface area is 81.9 Å². The Balaban J connectivity index is 2.96. The number of nitrogens with zero attached hydrogens (tertiary/aromatic N) is 1. The first-order valence-electron chi connectivity index (χ1n) is 5.20. The van der Waals surface area contributed by atoms with E-state index in [2.05, 4.69) is 41.5 Å². The van der Waals surface area contributed by atoms with E-state index in [1.165, 1.54) is 6.42 Å². The van der Waals surface area contributed by atoms with Crippen molar-refractivity contribution in [2.75, 3.05) is 0 Å². The molecule has 1 fully saturated rings. The average Bonchev–Trinajstić information content (AvgIpc) is 2.00. The van der Waals surface area contributed by atoms with E-state index < -0.39 is 0 Å². The summed E-state index contributed by atoms with van der Waals surface area (Å²) in [5.41, 5.74) is -0.202. The van der Waals surface area contributed by atoms with Crippen molar-refractivity contribution in [3.63, 3.8) is 0 Å². The molecule has 2 atom stereocenters. The van der Waals surface area contributed by atoms with Crippen LogP contribution < -0.4 is 0 Å². The highest BCUT2D eigenvalue weighted by atomic mass is 16.5. The summed E-state index contributed by atoms with van der Waals surface area (Å²) in [4.78, 5) is 0. The van der Waals surface area contributed by atoms with Crippen LogP contribution in [0.25, 0.3) is 0 Å². The van der Waals surface area contributed by atoms with Gasteiger partial charge in [0.15, 0.2) is 0 Å². The lowest BCUT2D eigenvalue weighted by molar-refractivity contribution is -0.271. The van der Waals surface area contributed by atoms with Crippen LogP contribution in [0.4, 0.5) is 0 Å². The molecule has 1 saturated heterocycles. The minimum Gasteiger partial charge on any atom is -0.313 e. The maximum atomic E-state index is 10.1. The van der Waals surface area contributed by atoms with Gasteiger partial charge in [0, 0.05) is 11.1 Å². The molecule has 13 heavy (non-hydrogen) atoms. The number of rotatable bonds is 0. The van der Waals surface area contributed by atoms with Gasteiger partial charge >= 0.3 is 0 Å². The first kappa shape index (κ1) is 11.0. The summed E-state index contributed by atoms with van der Waals surface area (Å²) in [6.07, 6.45) is 1.19. The van der Waals surface area contributed by atoms with E-state index in [-0.39, 0.29) is 11.1 Å². The number of hydrogen-bond acceptors (Lipinski definition) is 2. The Bertz CT molecular complexity index is 178. The Morgan fingerprint density at radius 1 is 1.00 bits per heavy atom. The lowest BCUT2D eigenvalue weighted by atomic mass is 9.69. The molecule has 1 aliphatic rings. The van der Waals surface area contributed by atoms with Crippen molar-refractivity contribution in [3.05, 3.63) is 0 Å². The second kappa shape index (κ2) is 2.96. The van der Waals surface area contributed by atoms with Crippen LogP contribution in [-0.2, 0) is 0 Å². The second-order valence-corrected chi connectivity index (χ2v) is 5.66. The Morgan fingerprint density at radius 3 is 1.62 bits per heavy atom. The van der Waals surface area contributed by atoms with E-state index >= 15 is 0 Å². The van der Waals surface area contributed by atoms with Gasteiger partial charge in [-0.05, 0) is 46.0 Å². The zero-order chi connectivity index (χ0) is 10.4. The van der Waals surface area contributed by atoms with Gasteiger partial charge in [0.05, 0.1) is 0 Å². The molecule has 0 aromatic heterocycles. The molecule has 2 heteroatoms. The van der Waals surface area contributed by atoms with Gasteiger partial charge in [0.25, 0.3) is 0 Å². The van der Waals surface area contributed by atoms with Gasteiger partial charge in [-0.1, -0.05) is 13.8 Å². The predicted molar refractivity (Wildman–Crippen MR) is 54.7 cm³/mol. The third kappa shape index (κ3) is 1.50. The summed E-state index contributed by atoms with van der Waals surface area (Å²) in [5.74, 6) is 1.08. The van der Waals surface area contributed by atoms with E-state index in [1.807, 2.05) is 0 Å². The quantitative estimate of drug-likeness (QED) is 0.627. The summed E-state index contributed by atoms with van der Waals surface area (Å²) in [6.45, 7) is 12.9. The van der Waals surface area contributed by atoms with Crippen LogP contribution >= 0.6 is 0 Å². The summed E-state index contributed by atoms with van der Waals surface area (Å²) in [5, 5.41) is 11.7. The van der Waals surface area contributed by atoms with E-state index in [4.69, 9.17) is 0 Å². The van der Waals surface area contributed by atoms with E-state index in [0.29, 0.717) is 11.8 Å². The van der Waals surface area contributed by atoms with Gasteiger partial charge in [-0.3, -0.25) is 0 Å². The third-order valence-corrected chi connectivity index (χ3v) is 4.21. The molecule has 0 bridgehead atoms. The molecule has 0 aliphatic carbocycles. The highest BCUT2D eigenvalue weighted by Crippen LogP contribution is 2.43. The van der Waals surface area contributed by atoms with Crippen molar-refractivity contribution in [3.8, 4) is 0 Å². The molecular weight excluding hydrogens is 162 g/mol. The molecule has 1 rings (SSSR count). The lowest BCUT2D eigenvalue weighted by Crippen LogP contribution is -2.63. The molecular formula is C11H23NO. The van der Waals surface area contributed by atoms with Crippen LogP contribution in [-0.4, -0.2) is 21.3 Å². The number of hydrogen-bond donors (Lipinski definition) is 1. The molecule has 0 saturated carbocycles. The van der Waals surface area contributed by atoms with E-state index in [9.17, 15) is 5.21 Å². The molecule has 0 amide bonds. The molecule has 1 heterocycles. The van der Waals surface area contributed by atoms with Crippen molar-refractivity contribution < 1.29 is 5.21 Å². The van der Waals surface area contributed by atoms with Crippen LogP contribution in [0.3, 0.4) is 0 Å². The van der Waals surface area contributed by atoms with E-state index in [0.717, 1.165) is 0 Å². The van der Waals surface area contributed by atoms with Gasteiger partial charge in [-0.2, -0.15) is 5.06 Å². The van der Waals surface area contributed by atoms with Gasteiger partial charge in [-0.15, -0.1) is 0 Å². The van der Waals surface area contributed by atoms with Gasteiger partial charge in [0.2, 0.25) is 0 Å². The lowest BCUT2D eigenvalue weighted by Gasteiger charge is -2.55. The fraction of sp³-hybridized carbons (Fsp3) is 1.00. The second-order valence-electron chi connectivity index (χ2n) is 5.66. The van der Waals surface area contributed by atoms with Crippen molar-refractivity contribution in [1.82, 2.24) is 5.06 Å². The van der Waals surface area contributed by atoms with Crippen molar-refractivity contribution >= 4 is 0 Å². The minimum atomic E-state index is -0.101. The first-order chi connectivity index (χ1) is 5.70. The smallest absolute Gasteiger partial charge is 0.0436 e. The van der Waals surface area contributed by atoms with E-state index in [1.54, 1.807) is 5.06 Å². The van der Waals surface area contributed by atoms with Crippen LogP contribution in [0, 0.1) is 11.8 Å². The molecule has 0 spiro atoms. The highest BCUT2D eigenvalue weighted by Gasteiger charge is 2.48. The number of piperidine rings is 1. The van der Waals surface area contributed by atoms with Crippen molar-refractivity contribution in [1.29, 1.82) is 0 Å². The molecule has 2 nitrogen and oxygen atoms in total. The van der Waals surface area contributed by atoms with Gasteiger partial charge in [0.1, 0.15) is 0 Å². The maximum absolute atomic E-state index is 10.1. The minimum absolute atomic E-state index is 0.101. The summed E-state index contributed by atoms with van der Waals surface area (Å²) in [6, 6.07) is 0. The van der Waals surface area contributed by atoms with Gasteiger partial charge < -0.3 is 5.21 Å². The first-order valence-corrected chi connectivity index (χ1v) is 5.20. The molecule has 0 aromatic rings. The molecule has 78 valence electrons. The maximum Gasteiger partial charge on any atom is 0.0436 e. The number of hydroxylamine groups is 2. The topological polar surface area (TPSA) is 23.5 Å². The van der Waals surface area contributed by atoms with Crippen LogP contribution in [0.15, 0.2) is 0 Å². The summed E-state index contributed by atoms with van der Waals surface area (Å²) < 4.78 is 0. The van der Waals surface area contributed by atoms with Crippen molar-refractivity contribution in [2.24, 2.45) is 11.8 Å². The zero-order valence-electron chi connectivity index (χ0n) is 9.76. The fourth-order valence-electron chi connectivity index (χ4n) is 2.27. The summed E-state index contributed by atoms with van der Waals surface area (Å²) >= 11 is 0. The standard InChI is InChI=1S/C11H23NO/c1-8-7-9(2)11(5,6)12(13)10(8,3)4/h8-9,13H,7H2,1-6H3. The Kier molecular flexibility index (Phi) is 2.50. The predicted octanol–water partition coefficient (Wildman–Crippen LogP) is 2.91. The average molecular weight is 185 g/mol. The molecule has 1 N–H and O–H groups in total. The fourth-order valence-corrected chi connectivity index (χ4v) is 2.27. The molecule has 2 unspecified atom stereocenters. The van der Waals surface area contributed by atoms with Crippen LogP contribution in [0.2, 0.25) is 0 Å². The monoisotopic (exact) mass is 185 g/mol. The van der Waals surface area contributed by atoms with Gasteiger partial charge in [-0.25, -0.2) is 0 Å². The van der Waals surface area contributed by atoms with Crippen LogP contribution in [0.5, 0.6) is 0 Å². The largest absolute Gasteiger partial charge is 0.313 e. The van der Waals surface area contributed by atoms with Crippen molar-refractivity contribution in [2.45, 2.75) is 59.0 Å².